The monoisotopic (exact) mass is 485 g/mol. The number of ether oxygens (including phenoxy) is 1. The highest BCUT2D eigenvalue weighted by atomic mass is 32.2. The Morgan fingerprint density at radius 3 is 2.74 bits per heavy atom. The molecule has 2 aliphatic rings. The number of piperidine rings is 1. The van der Waals surface area contributed by atoms with Crippen molar-refractivity contribution >= 4 is 33.2 Å². The van der Waals surface area contributed by atoms with Crippen molar-refractivity contribution in [1.29, 1.82) is 0 Å². The number of rotatable bonds is 5. The van der Waals surface area contributed by atoms with E-state index in [1.165, 1.54) is 10.4 Å². The molecule has 2 atom stereocenters. The fourth-order valence-electron chi connectivity index (χ4n) is 4.56. The Labute approximate surface area is 200 Å². The lowest BCUT2D eigenvalue weighted by atomic mass is 9.98. The van der Waals surface area contributed by atoms with Gasteiger partial charge in [0.05, 0.1) is 16.5 Å². The molecule has 182 valence electrons. The predicted octanol–water partition coefficient (Wildman–Crippen LogP) is 3.62. The molecule has 1 fully saturated rings. The van der Waals surface area contributed by atoms with Gasteiger partial charge in [0.1, 0.15) is 5.75 Å². The summed E-state index contributed by atoms with van der Waals surface area (Å²) in [6, 6.07) is 9.00. The van der Waals surface area contributed by atoms with E-state index in [-0.39, 0.29) is 23.3 Å². The molecule has 2 aliphatic heterocycles. The Kier molecular flexibility index (Phi) is 6.69. The molecular formula is C25H31N3O5S. The Balaban J connectivity index is 1.56. The van der Waals surface area contributed by atoms with Crippen LogP contribution in [-0.4, -0.2) is 43.7 Å². The molecule has 0 radical (unpaired) electrons. The molecule has 0 bridgehead atoms. The Hall–Kier alpha value is -2.91. The first-order valence-electron chi connectivity index (χ1n) is 11.6. The number of nitrogens with zero attached hydrogens (tertiary/aromatic N) is 1. The number of amides is 2. The molecule has 9 heteroatoms. The third-order valence-electron chi connectivity index (χ3n) is 6.57. The molecule has 1 saturated heterocycles. The summed E-state index contributed by atoms with van der Waals surface area (Å²) in [6.07, 6.45) is 1.31. The highest BCUT2D eigenvalue weighted by Gasteiger charge is 2.35. The molecule has 2 N–H and O–H groups in total. The van der Waals surface area contributed by atoms with Crippen LogP contribution in [0.1, 0.15) is 43.4 Å². The first-order chi connectivity index (χ1) is 16.1. The van der Waals surface area contributed by atoms with Crippen LogP contribution < -0.4 is 15.4 Å². The molecule has 2 amide bonds. The number of sulfonamides is 1. The van der Waals surface area contributed by atoms with E-state index in [9.17, 15) is 18.0 Å². The van der Waals surface area contributed by atoms with Crippen LogP contribution in [0.5, 0.6) is 5.75 Å². The van der Waals surface area contributed by atoms with Gasteiger partial charge in [-0.2, -0.15) is 4.31 Å². The number of carbonyl (C=O) groups excluding carboxylic acids is 2. The van der Waals surface area contributed by atoms with Gasteiger partial charge in [-0.05, 0) is 62.8 Å². The predicted molar refractivity (Wildman–Crippen MR) is 131 cm³/mol. The summed E-state index contributed by atoms with van der Waals surface area (Å²) in [5, 5.41) is 5.79. The number of carbonyl (C=O) groups is 2. The summed E-state index contributed by atoms with van der Waals surface area (Å²) in [5.74, 6) is -0.547. The van der Waals surface area contributed by atoms with Crippen LogP contribution in [0.15, 0.2) is 35.2 Å². The van der Waals surface area contributed by atoms with Gasteiger partial charge in [0, 0.05) is 24.8 Å². The van der Waals surface area contributed by atoms with Gasteiger partial charge in [-0.3, -0.25) is 9.59 Å². The van der Waals surface area contributed by atoms with Gasteiger partial charge >= 0.3 is 0 Å². The maximum atomic E-state index is 13.6. The Morgan fingerprint density at radius 1 is 1.24 bits per heavy atom. The molecular weight excluding hydrogens is 454 g/mol. The van der Waals surface area contributed by atoms with Crippen molar-refractivity contribution in [2.24, 2.45) is 5.92 Å². The maximum absolute atomic E-state index is 13.6. The van der Waals surface area contributed by atoms with Crippen LogP contribution in [0, 0.1) is 19.8 Å². The van der Waals surface area contributed by atoms with E-state index in [1.807, 2.05) is 32.0 Å². The Bertz CT molecular complexity index is 1240. The highest BCUT2D eigenvalue weighted by Crippen LogP contribution is 2.36. The lowest BCUT2D eigenvalue weighted by Gasteiger charge is -2.32. The standard InChI is InChI=1S/C25H31N3O5S/c1-5-18-9-6-8-15(2)23(18)27-25(30)19-10-7-11-28(14-19)34(31,32)22-13-21-20(12-16(22)3)26-24(29)17(4)33-21/h6,8-9,12-13,17,19H,5,7,10-11,14H2,1-4H3,(H,26,29)(H,27,30)/t17-,19-/m1/s1. The molecule has 2 aromatic carbocycles. The van der Waals surface area contributed by atoms with Crippen LogP contribution in [-0.2, 0) is 26.0 Å². The van der Waals surface area contributed by atoms with E-state index in [1.54, 1.807) is 19.9 Å². The number of hydrogen-bond donors (Lipinski definition) is 2. The first-order valence-corrected chi connectivity index (χ1v) is 13.1. The van der Waals surface area contributed by atoms with E-state index < -0.39 is 22.0 Å². The number of fused-ring (bicyclic) bond motifs is 1. The SMILES string of the molecule is CCc1cccc(C)c1NC(=O)[C@@H]1CCCN(S(=O)(=O)c2cc3c(cc2C)NC(=O)[C@@H](C)O3)C1. The fourth-order valence-corrected chi connectivity index (χ4v) is 6.31. The number of nitrogens with one attached hydrogen (secondary N) is 2. The van der Waals surface area contributed by atoms with Gasteiger partial charge in [0.15, 0.2) is 6.10 Å². The number of para-hydroxylation sites is 1. The van der Waals surface area contributed by atoms with E-state index in [4.69, 9.17) is 4.74 Å². The van der Waals surface area contributed by atoms with Crippen molar-refractivity contribution in [2.75, 3.05) is 23.7 Å². The summed E-state index contributed by atoms with van der Waals surface area (Å²) in [7, 11) is -3.86. The highest BCUT2D eigenvalue weighted by molar-refractivity contribution is 7.89. The number of aryl methyl sites for hydroxylation is 3. The molecule has 4 rings (SSSR count). The van der Waals surface area contributed by atoms with Crippen LogP contribution in [0.4, 0.5) is 11.4 Å². The minimum absolute atomic E-state index is 0.117. The summed E-state index contributed by atoms with van der Waals surface area (Å²) in [5.41, 5.74) is 3.82. The van der Waals surface area contributed by atoms with Crippen LogP contribution in [0.3, 0.4) is 0 Å². The topological polar surface area (TPSA) is 105 Å². The van der Waals surface area contributed by atoms with E-state index >= 15 is 0 Å². The molecule has 0 aromatic heterocycles. The van der Waals surface area contributed by atoms with Gasteiger partial charge in [-0.1, -0.05) is 25.1 Å². The normalized spacial score (nSPS) is 20.8. The van der Waals surface area contributed by atoms with Gasteiger partial charge < -0.3 is 15.4 Å². The molecule has 0 spiro atoms. The van der Waals surface area contributed by atoms with Crippen LogP contribution in [0.2, 0.25) is 0 Å². The molecule has 0 aliphatic carbocycles. The van der Waals surface area contributed by atoms with Gasteiger partial charge in [0.2, 0.25) is 15.9 Å². The maximum Gasteiger partial charge on any atom is 0.265 e. The molecule has 0 saturated carbocycles. The van der Waals surface area contributed by atoms with E-state index in [0.717, 1.165) is 23.2 Å². The van der Waals surface area contributed by atoms with E-state index in [0.29, 0.717) is 36.4 Å². The van der Waals surface area contributed by atoms with Crippen molar-refractivity contribution in [3.8, 4) is 5.75 Å². The van der Waals surface area contributed by atoms with Crippen LogP contribution in [0.25, 0.3) is 0 Å². The van der Waals surface area contributed by atoms with Crippen LogP contribution >= 0.6 is 0 Å². The van der Waals surface area contributed by atoms with Crippen molar-refractivity contribution in [2.45, 2.75) is 58.0 Å². The summed E-state index contributed by atoms with van der Waals surface area (Å²) in [4.78, 5) is 25.1. The van der Waals surface area contributed by atoms with Crippen molar-refractivity contribution < 1.29 is 22.7 Å². The minimum atomic E-state index is -3.86. The lowest BCUT2D eigenvalue weighted by molar-refractivity contribution is -0.123. The summed E-state index contributed by atoms with van der Waals surface area (Å²) in [6.45, 7) is 7.76. The quantitative estimate of drug-likeness (QED) is 0.673. The second kappa shape index (κ2) is 9.38. The van der Waals surface area contributed by atoms with Gasteiger partial charge in [-0.25, -0.2) is 8.42 Å². The van der Waals surface area contributed by atoms with Gasteiger partial charge in [0.25, 0.3) is 5.91 Å². The third kappa shape index (κ3) is 4.54. The fraction of sp³-hybridized carbons (Fsp3) is 0.440. The molecule has 8 nitrogen and oxygen atoms in total. The molecule has 0 unspecified atom stereocenters. The molecule has 2 heterocycles. The smallest absolute Gasteiger partial charge is 0.265 e. The largest absolute Gasteiger partial charge is 0.479 e. The summed E-state index contributed by atoms with van der Waals surface area (Å²) >= 11 is 0. The number of hydrogen-bond acceptors (Lipinski definition) is 5. The minimum Gasteiger partial charge on any atom is -0.479 e. The Morgan fingerprint density at radius 2 is 2.00 bits per heavy atom. The zero-order valence-electron chi connectivity index (χ0n) is 20.0. The second-order valence-electron chi connectivity index (χ2n) is 9.02. The average Bonchev–Trinajstić information content (AvgIpc) is 2.81. The molecule has 2 aromatic rings. The van der Waals surface area contributed by atoms with Crippen molar-refractivity contribution in [1.82, 2.24) is 4.31 Å². The van der Waals surface area contributed by atoms with Crippen molar-refractivity contribution in [3.05, 3.63) is 47.0 Å². The zero-order valence-corrected chi connectivity index (χ0v) is 20.8. The third-order valence-corrected chi connectivity index (χ3v) is 8.58. The second-order valence-corrected chi connectivity index (χ2v) is 10.9. The number of anilines is 2. The number of benzene rings is 2. The zero-order chi connectivity index (χ0) is 24.6. The lowest BCUT2D eigenvalue weighted by Crippen LogP contribution is -2.44. The first kappa shape index (κ1) is 24.2. The van der Waals surface area contributed by atoms with Gasteiger partial charge in [-0.15, -0.1) is 0 Å². The molecule has 34 heavy (non-hydrogen) atoms. The average molecular weight is 486 g/mol. The summed E-state index contributed by atoms with van der Waals surface area (Å²) < 4.78 is 34.2. The van der Waals surface area contributed by atoms with E-state index in [2.05, 4.69) is 10.6 Å². The van der Waals surface area contributed by atoms with Crippen molar-refractivity contribution in [3.63, 3.8) is 0 Å².